The molecule has 114 valence electrons. The molecule has 1 aliphatic heterocycles. The van der Waals surface area contributed by atoms with Gasteiger partial charge in [0.1, 0.15) is 0 Å². The predicted molar refractivity (Wildman–Crippen MR) is 89.6 cm³/mol. The third kappa shape index (κ3) is 3.18. The van der Waals surface area contributed by atoms with Crippen LogP contribution in [-0.4, -0.2) is 34.0 Å². The summed E-state index contributed by atoms with van der Waals surface area (Å²) in [6.45, 7) is 0.674. The molecular formula is C18H19NO2S. The number of nitrogens with zero attached hydrogens (tertiary/aromatic N) is 1. The Morgan fingerprint density at radius 2 is 1.73 bits per heavy atom. The monoisotopic (exact) mass is 313 g/mol. The number of benzene rings is 2. The van der Waals surface area contributed by atoms with Crippen LogP contribution in [-0.2, 0) is 4.79 Å². The Hall–Kier alpha value is -1.78. The highest BCUT2D eigenvalue weighted by Gasteiger charge is 2.32. The zero-order chi connectivity index (χ0) is 15.4. The molecule has 2 unspecified atom stereocenters. The highest BCUT2D eigenvalue weighted by Crippen LogP contribution is 2.31. The highest BCUT2D eigenvalue weighted by atomic mass is 32.2. The van der Waals surface area contributed by atoms with Gasteiger partial charge in [0.2, 0.25) is 0 Å². The van der Waals surface area contributed by atoms with Gasteiger partial charge in [-0.15, -0.1) is 0 Å². The summed E-state index contributed by atoms with van der Waals surface area (Å²) >= 11 is 1.85. The van der Waals surface area contributed by atoms with Crippen LogP contribution in [0.25, 0.3) is 0 Å². The lowest BCUT2D eigenvalue weighted by atomic mass is 10.0. The summed E-state index contributed by atoms with van der Waals surface area (Å²) in [6, 6.07) is 19.2. The molecule has 0 aliphatic carbocycles. The molecule has 1 N–H and O–H groups in total. The van der Waals surface area contributed by atoms with Crippen molar-refractivity contribution in [1.82, 2.24) is 4.90 Å². The number of amides is 1. The van der Waals surface area contributed by atoms with Gasteiger partial charge in [-0.25, -0.2) is 0 Å². The first-order chi connectivity index (χ1) is 10.8. The van der Waals surface area contributed by atoms with Crippen molar-refractivity contribution in [1.29, 1.82) is 0 Å². The minimum Gasteiger partial charge on any atom is -0.378 e. The topological polar surface area (TPSA) is 40.5 Å². The molecule has 1 saturated heterocycles. The second-order valence-corrected chi connectivity index (χ2v) is 6.50. The summed E-state index contributed by atoms with van der Waals surface area (Å²) in [5.41, 5.74) is 1.78. The number of thioether (sulfide) groups is 1. The Labute approximate surface area is 135 Å². The molecule has 0 bridgehead atoms. The first kappa shape index (κ1) is 15.1. The van der Waals surface area contributed by atoms with Gasteiger partial charge < -0.3 is 10.0 Å². The number of aliphatic hydroxyl groups excluding tert-OH is 1. The zero-order valence-corrected chi connectivity index (χ0v) is 13.1. The molecular weight excluding hydrogens is 294 g/mol. The van der Waals surface area contributed by atoms with Gasteiger partial charge in [0.25, 0.3) is 5.91 Å². The van der Waals surface area contributed by atoms with Crippen LogP contribution in [0.15, 0.2) is 60.7 Å². The molecule has 0 aromatic heterocycles. The van der Waals surface area contributed by atoms with Crippen molar-refractivity contribution >= 4 is 17.7 Å². The number of hydrogen-bond acceptors (Lipinski definition) is 3. The number of hydrogen-bond donors (Lipinski definition) is 1. The van der Waals surface area contributed by atoms with E-state index in [-0.39, 0.29) is 11.9 Å². The molecule has 1 aliphatic rings. The average molecular weight is 313 g/mol. The van der Waals surface area contributed by atoms with Crippen LogP contribution in [0.4, 0.5) is 0 Å². The van der Waals surface area contributed by atoms with E-state index >= 15 is 0 Å². The van der Waals surface area contributed by atoms with E-state index in [1.807, 2.05) is 65.2 Å². The fourth-order valence-corrected chi connectivity index (χ4v) is 3.84. The first-order valence-electron chi connectivity index (χ1n) is 7.43. The van der Waals surface area contributed by atoms with Gasteiger partial charge >= 0.3 is 0 Å². The Morgan fingerprint density at radius 1 is 1.09 bits per heavy atom. The van der Waals surface area contributed by atoms with Crippen LogP contribution >= 0.6 is 11.8 Å². The van der Waals surface area contributed by atoms with Crippen LogP contribution in [0, 0.1) is 0 Å². The van der Waals surface area contributed by atoms with E-state index in [1.165, 1.54) is 0 Å². The third-order valence-electron chi connectivity index (χ3n) is 3.95. The number of carbonyl (C=O) groups is 1. The Balaban J connectivity index is 1.83. The molecule has 3 nitrogen and oxygen atoms in total. The van der Waals surface area contributed by atoms with Crippen molar-refractivity contribution < 1.29 is 9.90 Å². The quantitative estimate of drug-likeness (QED) is 0.947. The largest absolute Gasteiger partial charge is 0.378 e. The normalized spacial score (nSPS) is 19.7. The Bertz CT molecular complexity index is 617. The fourth-order valence-electron chi connectivity index (χ4n) is 2.75. The molecule has 3 rings (SSSR count). The van der Waals surface area contributed by atoms with Crippen molar-refractivity contribution in [2.75, 3.05) is 18.1 Å². The van der Waals surface area contributed by atoms with Gasteiger partial charge in [-0.2, -0.15) is 11.8 Å². The SMILES string of the molecule is O=C(C(O)c1ccccc1)N1CCSCC1c1ccccc1. The van der Waals surface area contributed by atoms with Gasteiger partial charge in [-0.1, -0.05) is 60.7 Å². The maximum atomic E-state index is 12.7. The van der Waals surface area contributed by atoms with E-state index in [4.69, 9.17) is 0 Å². The molecule has 1 fully saturated rings. The van der Waals surface area contributed by atoms with Gasteiger partial charge in [0.05, 0.1) is 6.04 Å². The standard InChI is InChI=1S/C18H19NO2S/c20-17(15-9-5-2-6-10-15)18(21)19-11-12-22-13-16(19)14-7-3-1-4-8-14/h1-10,16-17,20H,11-13H2. The molecule has 0 saturated carbocycles. The summed E-state index contributed by atoms with van der Waals surface area (Å²) in [4.78, 5) is 14.6. The van der Waals surface area contributed by atoms with Crippen molar-refractivity contribution in [3.05, 3.63) is 71.8 Å². The van der Waals surface area contributed by atoms with Gasteiger partial charge in [-0.3, -0.25) is 4.79 Å². The van der Waals surface area contributed by atoms with E-state index in [1.54, 1.807) is 12.1 Å². The van der Waals surface area contributed by atoms with Crippen LogP contribution in [0.1, 0.15) is 23.3 Å². The number of rotatable bonds is 3. The summed E-state index contributed by atoms with van der Waals surface area (Å²) in [5.74, 6) is 1.58. The number of carbonyl (C=O) groups excluding carboxylic acids is 1. The second kappa shape index (κ2) is 6.99. The average Bonchev–Trinajstić information content (AvgIpc) is 2.62. The lowest BCUT2D eigenvalue weighted by molar-refractivity contribution is -0.142. The van der Waals surface area contributed by atoms with Crippen molar-refractivity contribution in [2.45, 2.75) is 12.1 Å². The van der Waals surface area contributed by atoms with Crippen LogP contribution < -0.4 is 0 Å². The molecule has 4 heteroatoms. The smallest absolute Gasteiger partial charge is 0.256 e. The van der Waals surface area contributed by atoms with E-state index in [0.717, 1.165) is 17.1 Å². The van der Waals surface area contributed by atoms with Crippen LogP contribution in [0.5, 0.6) is 0 Å². The lowest BCUT2D eigenvalue weighted by Crippen LogP contribution is -2.43. The van der Waals surface area contributed by atoms with E-state index in [9.17, 15) is 9.90 Å². The minimum atomic E-state index is -1.09. The summed E-state index contributed by atoms with van der Waals surface area (Å²) in [5, 5.41) is 10.4. The van der Waals surface area contributed by atoms with Crippen molar-refractivity contribution in [3.8, 4) is 0 Å². The van der Waals surface area contributed by atoms with E-state index < -0.39 is 6.10 Å². The molecule has 0 spiro atoms. The van der Waals surface area contributed by atoms with E-state index in [0.29, 0.717) is 12.1 Å². The molecule has 1 amide bonds. The molecule has 22 heavy (non-hydrogen) atoms. The summed E-state index contributed by atoms with van der Waals surface area (Å²) in [7, 11) is 0. The van der Waals surface area contributed by atoms with Crippen molar-refractivity contribution in [3.63, 3.8) is 0 Å². The number of aliphatic hydroxyl groups is 1. The van der Waals surface area contributed by atoms with Gasteiger partial charge in [-0.05, 0) is 11.1 Å². The fraction of sp³-hybridized carbons (Fsp3) is 0.278. The van der Waals surface area contributed by atoms with Crippen molar-refractivity contribution in [2.24, 2.45) is 0 Å². The lowest BCUT2D eigenvalue weighted by Gasteiger charge is -2.37. The zero-order valence-electron chi connectivity index (χ0n) is 12.3. The minimum absolute atomic E-state index is 0.0332. The summed E-state index contributed by atoms with van der Waals surface area (Å²) < 4.78 is 0. The third-order valence-corrected chi connectivity index (χ3v) is 4.97. The maximum absolute atomic E-state index is 12.7. The Kier molecular flexibility index (Phi) is 4.80. The molecule has 2 aromatic carbocycles. The predicted octanol–water partition coefficient (Wildman–Crippen LogP) is 3.04. The molecule has 1 heterocycles. The highest BCUT2D eigenvalue weighted by molar-refractivity contribution is 7.99. The van der Waals surface area contributed by atoms with Gasteiger partial charge in [0.15, 0.2) is 6.10 Å². The molecule has 2 atom stereocenters. The first-order valence-corrected chi connectivity index (χ1v) is 8.59. The Morgan fingerprint density at radius 3 is 2.41 bits per heavy atom. The molecule has 0 radical (unpaired) electrons. The van der Waals surface area contributed by atoms with Crippen LogP contribution in [0.2, 0.25) is 0 Å². The van der Waals surface area contributed by atoms with E-state index in [2.05, 4.69) is 0 Å². The summed E-state index contributed by atoms with van der Waals surface area (Å²) in [6.07, 6.45) is -1.09. The van der Waals surface area contributed by atoms with Crippen LogP contribution in [0.3, 0.4) is 0 Å². The maximum Gasteiger partial charge on any atom is 0.256 e. The van der Waals surface area contributed by atoms with Gasteiger partial charge in [0, 0.05) is 18.1 Å². The molecule has 2 aromatic rings. The second-order valence-electron chi connectivity index (χ2n) is 5.35.